The van der Waals surface area contributed by atoms with E-state index in [9.17, 15) is 0 Å². The highest BCUT2D eigenvalue weighted by molar-refractivity contribution is 5.61. The van der Waals surface area contributed by atoms with E-state index in [-0.39, 0.29) is 0 Å². The largest absolute Gasteiger partial charge is 0.370 e. The molecule has 0 spiro atoms. The van der Waals surface area contributed by atoms with E-state index >= 15 is 0 Å². The van der Waals surface area contributed by atoms with Crippen molar-refractivity contribution in [2.75, 3.05) is 18.0 Å². The van der Waals surface area contributed by atoms with Crippen molar-refractivity contribution >= 4 is 5.69 Å². The van der Waals surface area contributed by atoms with Crippen LogP contribution in [-0.4, -0.2) is 18.1 Å². The summed E-state index contributed by atoms with van der Waals surface area (Å²) >= 11 is 0. The monoisotopic (exact) mass is 237 g/mol. The van der Waals surface area contributed by atoms with Crippen molar-refractivity contribution in [3.63, 3.8) is 0 Å². The van der Waals surface area contributed by atoms with Crippen LogP contribution in [0.2, 0.25) is 0 Å². The van der Waals surface area contributed by atoms with Crippen molar-refractivity contribution < 1.29 is 0 Å². The standard InChI is InChI=1S/C16H17N2/c1-3-7-14(8-4-1)16-10-9-15(13-17-16)18-11-5-2-6-12-18/h3-4,7-10,13H,2,5-6,11-12H2. The van der Waals surface area contributed by atoms with Gasteiger partial charge in [0.15, 0.2) is 0 Å². The quantitative estimate of drug-likeness (QED) is 0.794. The van der Waals surface area contributed by atoms with Gasteiger partial charge in [0.1, 0.15) is 0 Å². The molecule has 0 atom stereocenters. The Morgan fingerprint density at radius 2 is 1.72 bits per heavy atom. The van der Waals surface area contributed by atoms with Crippen LogP contribution in [0.3, 0.4) is 0 Å². The lowest BCUT2D eigenvalue weighted by atomic mass is 10.1. The first-order valence-electron chi connectivity index (χ1n) is 6.61. The molecule has 1 radical (unpaired) electrons. The van der Waals surface area contributed by atoms with Crippen LogP contribution in [0.25, 0.3) is 11.3 Å². The summed E-state index contributed by atoms with van der Waals surface area (Å²) in [5.74, 6) is 0. The number of nitrogens with zero attached hydrogens (tertiary/aromatic N) is 2. The Kier molecular flexibility index (Phi) is 3.26. The van der Waals surface area contributed by atoms with Crippen LogP contribution >= 0.6 is 0 Å². The second-order valence-electron chi connectivity index (χ2n) is 4.74. The lowest BCUT2D eigenvalue weighted by Crippen LogP contribution is -2.29. The highest BCUT2D eigenvalue weighted by Crippen LogP contribution is 2.22. The van der Waals surface area contributed by atoms with Crippen molar-refractivity contribution in [1.29, 1.82) is 0 Å². The van der Waals surface area contributed by atoms with E-state index in [1.165, 1.54) is 38.0 Å². The van der Waals surface area contributed by atoms with Gasteiger partial charge in [0.2, 0.25) is 0 Å². The molecule has 0 saturated carbocycles. The SMILES string of the molecule is [c]1ccc(-c2ccc(N3CCCCC3)cn2)cc1. The highest BCUT2D eigenvalue weighted by Gasteiger charge is 2.11. The zero-order valence-corrected chi connectivity index (χ0v) is 10.5. The number of piperidine rings is 1. The van der Waals surface area contributed by atoms with E-state index < -0.39 is 0 Å². The maximum Gasteiger partial charge on any atom is 0.0703 e. The molecule has 1 fully saturated rings. The summed E-state index contributed by atoms with van der Waals surface area (Å²) in [6.07, 6.45) is 5.96. The smallest absolute Gasteiger partial charge is 0.0703 e. The van der Waals surface area contributed by atoms with E-state index in [1.54, 1.807) is 0 Å². The molecule has 0 bridgehead atoms. The average Bonchev–Trinajstić information content (AvgIpc) is 2.49. The van der Waals surface area contributed by atoms with Crippen molar-refractivity contribution in [3.05, 3.63) is 48.7 Å². The fraction of sp³-hybridized carbons (Fsp3) is 0.312. The molecule has 3 rings (SSSR count). The van der Waals surface area contributed by atoms with Gasteiger partial charge in [-0.1, -0.05) is 24.3 Å². The molecule has 1 aliphatic rings. The summed E-state index contributed by atoms with van der Waals surface area (Å²) in [5.41, 5.74) is 3.43. The van der Waals surface area contributed by atoms with E-state index in [0.717, 1.165) is 11.3 Å². The van der Waals surface area contributed by atoms with Crippen molar-refractivity contribution in [2.45, 2.75) is 19.3 Å². The lowest BCUT2D eigenvalue weighted by Gasteiger charge is -2.28. The lowest BCUT2D eigenvalue weighted by molar-refractivity contribution is 0.577. The zero-order chi connectivity index (χ0) is 12.2. The Bertz CT molecular complexity index is 484. The zero-order valence-electron chi connectivity index (χ0n) is 10.5. The van der Waals surface area contributed by atoms with Crippen LogP contribution < -0.4 is 4.90 Å². The summed E-state index contributed by atoms with van der Waals surface area (Å²) < 4.78 is 0. The molecule has 0 N–H and O–H groups in total. The molecule has 1 aliphatic heterocycles. The van der Waals surface area contributed by atoms with Crippen molar-refractivity contribution in [2.24, 2.45) is 0 Å². The Balaban J connectivity index is 1.80. The Labute approximate surface area is 108 Å². The minimum absolute atomic E-state index is 1.03. The summed E-state index contributed by atoms with van der Waals surface area (Å²) in [6.45, 7) is 2.34. The van der Waals surface area contributed by atoms with Gasteiger partial charge in [-0.2, -0.15) is 0 Å². The van der Waals surface area contributed by atoms with E-state index in [0.29, 0.717) is 0 Å². The second-order valence-corrected chi connectivity index (χ2v) is 4.74. The molecule has 2 heteroatoms. The van der Waals surface area contributed by atoms with Gasteiger partial charge in [-0.3, -0.25) is 4.98 Å². The van der Waals surface area contributed by atoms with Gasteiger partial charge in [-0.05, 0) is 37.5 Å². The number of rotatable bonds is 2. The van der Waals surface area contributed by atoms with Gasteiger partial charge < -0.3 is 4.90 Å². The Hall–Kier alpha value is -1.83. The molecule has 91 valence electrons. The molecule has 1 aromatic carbocycles. The van der Waals surface area contributed by atoms with Crippen LogP contribution in [0, 0.1) is 6.07 Å². The van der Waals surface area contributed by atoms with E-state index in [2.05, 4.69) is 28.1 Å². The third-order valence-corrected chi connectivity index (χ3v) is 3.48. The van der Waals surface area contributed by atoms with Crippen LogP contribution in [0.1, 0.15) is 19.3 Å². The molecule has 1 aromatic heterocycles. The van der Waals surface area contributed by atoms with Crippen LogP contribution in [0.4, 0.5) is 5.69 Å². The van der Waals surface area contributed by atoms with Gasteiger partial charge in [-0.15, -0.1) is 0 Å². The molecule has 2 nitrogen and oxygen atoms in total. The molecule has 1 saturated heterocycles. The summed E-state index contributed by atoms with van der Waals surface area (Å²) in [6, 6.07) is 15.3. The molecule has 0 aliphatic carbocycles. The third-order valence-electron chi connectivity index (χ3n) is 3.48. The van der Waals surface area contributed by atoms with Crippen molar-refractivity contribution in [3.8, 4) is 11.3 Å². The van der Waals surface area contributed by atoms with E-state index in [4.69, 9.17) is 0 Å². The Morgan fingerprint density at radius 3 is 2.39 bits per heavy atom. The highest BCUT2D eigenvalue weighted by atomic mass is 15.1. The number of hydrogen-bond donors (Lipinski definition) is 0. The van der Waals surface area contributed by atoms with Crippen molar-refractivity contribution in [1.82, 2.24) is 4.98 Å². The molecule has 18 heavy (non-hydrogen) atoms. The van der Waals surface area contributed by atoms with E-state index in [1.807, 2.05) is 30.5 Å². The van der Waals surface area contributed by atoms with Gasteiger partial charge >= 0.3 is 0 Å². The number of pyridine rings is 1. The predicted octanol–water partition coefficient (Wildman–Crippen LogP) is 3.54. The van der Waals surface area contributed by atoms with Gasteiger partial charge in [0.25, 0.3) is 0 Å². The predicted molar refractivity (Wildman–Crippen MR) is 74.6 cm³/mol. The summed E-state index contributed by atoms with van der Waals surface area (Å²) in [7, 11) is 0. The maximum atomic E-state index is 4.57. The molecular weight excluding hydrogens is 220 g/mol. The average molecular weight is 237 g/mol. The molecule has 2 heterocycles. The first-order chi connectivity index (χ1) is 8.93. The first kappa shape index (κ1) is 11.3. The number of benzene rings is 1. The number of anilines is 1. The Morgan fingerprint density at radius 1 is 0.944 bits per heavy atom. The fourth-order valence-corrected chi connectivity index (χ4v) is 2.45. The van der Waals surface area contributed by atoms with Crippen LogP contribution in [0.15, 0.2) is 42.6 Å². The minimum atomic E-state index is 1.03. The second kappa shape index (κ2) is 5.21. The topological polar surface area (TPSA) is 16.1 Å². The molecular formula is C16H17N2. The first-order valence-corrected chi connectivity index (χ1v) is 6.61. The normalized spacial score (nSPS) is 15.7. The van der Waals surface area contributed by atoms with Crippen LogP contribution in [-0.2, 0) is 0 Å². The fourth-order valence-electron chi connectivity index (χ4n) is 2.45. The molecule has 0 unspecified atom stereocenters. The maximum absolute atomic E-state index is 4.57. The minimum Gasteiger partial charge on any atom is -0.370 e. The van der Waals surface area contributed by atoms with Crippen LogP contribution in [0.5, 0.6) is 0 Å². The molecule has 0 amide bonds. The number of aromatic nitrogens is 1. The van der Waals surface area contributed by atoms with Gasteiger partial charge in [-0.25, -0.2) is 0 Å². The molecule has 2 aromatic rings. The third kappa shape index (κ3) is 2.37. The van der Waals surface area contributed by atoms with Gasteiger partial charge in [0, 0.05) is 18.7 Å². The summed E-state index contributed by atoms with van der Waals surface area (Å²) in [5, 5.41) is 0. The number of hydrogen-bond acceptors (Lipinski definition) is 2. The summed E-state index contributed by atoms with van der Waals surface area (Å²) in [4.78, 5) is 7.00. The van der Waals surface area contributed by atoms with Gasteiger partial charge in [0.05, 0.1) is 17.6 Å².